The van der Waals surface area contributed by atoms with Gasteiger partial charge in [-0.2, -0.15) is 0 Å². The van der Waals surface area contributed by atoms with Gasteiger partial charge in [0.05, 0.1) is 12.5 Å². The predicted octanol–water partition coefficient (Wildman–Crippen LogP) is 4.24. The lowest BCUT2D eigenvalue weighted by Gasteiger charge is -2.13. The van der Waals surface area contributed by atoms with E-state index in [0.717, 1.165) is 5.56 Å². The van der Waals surface area contributed by atoms with Crippen LogP contribution >= 0.6 is 0 Å². The van der Waals surface area contributed by atoms with Gasteiger partial charge in [-0.25, -0.2) is 4.79 Å². The lowest BCUT2D eigenvalue weighted by molar-refractivity contribution is 0.285. The Bertz CT molecular complexity index is 1150. The first-order chi connectivity index (χ1) is 12.7. The minimum atomic E-state index is -0.494. The number of benzene rings is 3. The molecular weight excluding hydrogens is 332 g/mol. The molecule has 5 nitrogen and oxygen atoms in total. The average Bonchev–Trinajstić information content (AvgIpc) is 2.66. The highest BCUT2D eigenvalue weighted by Gasteiger charge is 2.14. The molecule has 0 saturated carbocycles. The van der Waals surface area contributed by atoms with Gasteiger partial charge in [0.25, 0.3) is 0 Å². The molecule has 0 saturated heterocycles. The Balaban J connectivity index is 1.86. The standard InChI is InChI=1S/C21H16O5/c1-24-19-11-17-16(10-20(19)25-12-13-5-3-2-4-6-13)15-8-7-14(22)9-18(15)26-21(17)23/h2-11,22H,12H2,1H3. The van der Waals surface area contributed by atoms with Gasteiger partial charge < -0.3 is 19.0 Å². The molecule has 0 aliphatic heterocycles. The number of ether oxygens (including phenoxy) is 2. The van der Waals surface area contributed by atoms with Crippen molar-refractivity contribution in [2.45, 2.75) is 6.61 Å². The fourth-order valence-electron chi connectivity index (χ4n) is 2.93. The number of hydrogen-bond donors (Lipinski definition) is 1. The molecule has 5 heteroatoms. The van der Waals surface area contributed by atoms with Gasteiger partial charge in [-0.3, -0.25) is 0 Å². The van der Waals surface area contributed by atoms with E-state index in [4.69, 9.17) is 13.9 Å². The molecule has 0 aliphatic carbocycles. The highest BCUT2D eigenvalue weighted by Crippen LogP contribution is 2.35. The second-order valence-corrected chi connectivity index (χ2v) is 5.89. The Labute approximate surface area is 149 Å². The molecule has 0 fully saturated rings. The van der Waals surface area contributed by atoms with Gasteiger partial charge in [0.1, 0.15) is 17.9 Å². The van der Waals surface area contributed by atoms with Crippen LogP contribution in [-0.4, -0.2) is 12.2 Å². The van der Waals surface area contributed by atoms with Crippen LogP contribution < -0.4 is 15.1 Å². The third-order valence-electron chi connectivity index (χ3n) is 4.22. The number of rotatable bonds is 4. The number of phenols is 1. The van der Waals surface area contributed by atoms with Crippen LogP contribution in [0.5, 0.6) is 17.2 Å². The quantitative estimate of drug-likeness (QED) is 0.441. The zero-order valence-electron chi connectivity index (χ0n) is 14.1. The first-order valence-electron chi connectivity index (χ1n) is 8.10. The summed E-state index contributed by atoms with van der Waals surface area (Å²) in [5, 5.41) is 11.4. The predicted molar refractivity (Wildman–Crippen MR) is 99.0 cm³/mol. The van der Waals surface area contributed by atoms with Gasteiger partial charge in [0, 0.05) is 16.8 Å². The molecule has 1 heterocycles. The maximum Gasteiger partial charge on any atom is 0.344 e. The van der Waals surface area contributed by atoms with E-state index in [1.807, 2.05) is 30.3 Å². The Hall–Kier alpha value is -3.47. The normalized spacial score (nSPS) is 11.0. The van der Waals surface area contributed by atoms with E-state index in [-0.39, 0.29) is 5.75 Å². The monoisotopic (exact) mass is 348 g/mol. The van der Waals surface area contributed by atoms with Gasteiger partial charge in [-0.15, -0.1) is 0 Å². The molecule has 0 spiro atoms. The van der Waals surface area contributed by atoms with E-state index >= 15 is 0 Å². The highest BCUT2D eigenvalue weighted by atomic mass is 16.5. The SMILES string of the molecule is COc1cc2c(=O)oc3cc(O)ccc3c2cc1OCc1ccccc1. The minimum absolute atomic E-state index is 0.0362. The molecule has 130 valence electrons. The Morgan fingerprint density at radius 1 is 0.923 bits per heavy atom. The van der Waals surface area contributed by atoms with Crippen molar-refractivity contribution in [3.63, 3.8) is 0 Å². The molecular formula is C21H16O5. The summed E-state index contributed by atoms with van der Waals surface area (Å²) in [6.07, 6.45) is 0. The largest absolute Gasteiger partial charge is 0.508 e. The first-order valence-corrected chi connectivity index (χ1v) is 8.10. The second-order valence-electron chi connectivity index (χ2n) is 5.89. The first kappa shape index (κ1) is 16.0. The summed E-state index contributed by atoms with van der Waals surface area (Å²) < 4.78 is 16.6. The summed E-state index contributed by atoms with van der Waals surface area (Å²) in [7, 11) is 1.53. The van der Waals surface area contributed by atoms with Crippen molar-refractivity contribution in [1.29, 1.82) is 0 Å². The van der Waals surface area contributed by atoms with Crippen molar-refractivity contribution in [1.82, 2.24) is 0 Å². The molecule has 3 aromatic carbocycles. The van der Waals surface area contributed by atoms with Gasteiger partial charge in [0.15, 0.2) is 11.5 Å². The van der Waals surface area contributed by atoms with E-state index in [9.17, 15) is 9.90 Å². The summed E-state index contributed by atoms with van der Waals surface area (Å²) in [6, 6.07) is 17.9. The fourth-order valence-corrected chi connectivity index (χ4v) is 2.93. The van der Waals surface area contributed by atoms with E-state index in [1.54, 1.807) is 24.3 Å². The smallest absolute Gasteiger partial charge is 0.344 e. The van der Waals surface area contributed by atoms with Gasteiger partial charge in [-0.05, 0) is 29.8 Å². The topological polar surface area (TPSA) is 68.9 Å². The molecule has 0 bridgehead atoms. The number of fused-ring (bicyclic) bond motifs is 3. The third kappa shape index (κ3) is 2.84. The van der Waals surface area contributed by atoms with Crippen LogP contribution in [0.25, 0.3) is 21.7 Å². The second kappa shape index (κ2) is 6.44. The van der Waals surface area contributed by atoms with E-state index in [2.05, 4.69) is 0 Å². The summed E-state index contributed by atoms with van der Waals surface area (Å²) in [6.45, 7) is 0.378. The molecule has 1 N–H and O–H groups in total. The number of aromatic hydroxyl groups is 1. The van der Waals surface area contributed by atoms with Crippen LogP contribution in [0, 0.1) is 0 Å². The minimum Gasteiger partial charge on any atom is -0.508 e. The van der Waals surface area contributed by atoms with Crippen LogP contribution in [0.4, 0.5) is 0 Å². The van der Waals surface area contributed by atoms with E-state index < -0.39 is 5.63 Å². The summed E-state index contributed by atoms with van der Waals surface area (Å²) >= 11 is 0. The molecule has 4 aromatic rings. The van der Waals surface area contributed by atoms with Crippen molar-refractivity contribution < 1.29 is 19.0 Å². The molecule has 4 rings (SSSR count). The fraction of sp³-hybridized carbons (Fsp3) is 0.0952. The summed E-state index contributed by atoms with van der Waals surface area (Å²) in [5.74, 6) is 1.02. The van der Waals surface area contributed by atoms with Crippen molar-refractivity contribution in [3.05, 3.63) is 76.6 Å². The van der Waals surface area contributed by atoms with Crippen molar-refractivity contribution in [2.24, 2.45) is 0 Å². The van der Waals surface area contributed by atoms with Crippen LogP contribution in [0.1, 0.15) is 5.56 Å². The maximum absolute atomic E-state index is 12.3. The third-order valence-corrected chi connectivity index (χ3v) is 4.22. The maximum atomic E-state index is 12.3. The van der Waals surface area contributed by atoms with Gasteiger partial charge in [-0.1, -0.05) is 30.3 Å². The molecule has 26 heavy (non-hydrogen) atoms. The zero-order valence-corrected chi connectivity index (χ0v) is 14.1. The zero-order chi connectivity index (χ0) is 18.1. The molecule has 1 aromatic heterocycles. The molecule has 0 aliphatic rings. The molecule has 0 unspecified atom stereocenters. The lowest BCUT2D eigenvalue weighted by atomic mass is 10.1. The number of methoxy groups -OCH3 is 1. The Morgan fingerprint density at radius 2 is 1.69 bits per heavy atom. The van der Waals surface area contributed by atoms with Crippen molar-refractivity contribution in [3.8, 4) is 17.2 Å². The average molecular weight is 348 g/mol. The van der Waals surface area contributed by atoms with Crippen LogP contribution in [0.3, 0.4) is 0 Å². The molecule has 0 amide bonds. The van der Waals surface area contributed by atoms with Crippen LogP contribution in [0.15, 0.2) is 69.9 Å². The van der Waals surface area contributed by atoms with Crippen molar-refractivity contribution >= 4 is 21.7 Å². The van der Waals surface area contributed by atoms with E-state index in [1.165, 1.54) is 13.2 Å². The van der Waals surface area contributed by atoms with Crippen LogP contribution in [0.2, 0.25) is 0 Å². The summed E-state index contributed by atoms with van der Waals surface area (Å²) in [5.41, 5.74) is 0.852. The Kier molecular flexibility index (Phi) is 3.97. The van der Waals surface area contributed by atoms with Crippen LogP contribution in [-0.2, 0) is 6.61 Å². The molecule has 0 atom stereocenters. The Morgan fingerprint density at radius 3 is 2.46 bits per heavy atom. The van der Waals surface area contributed by atoms with Gasteiger partial charge >= 0.3 is 5.63 Å². The number of hydrogen-bond acceptors (Lipinski definition) is 5. The van der Waals surface area contributed by atoms with Gasteiger partial charge in [0.2, 0.25) is 0 Å². The number of phenolic OH excluding ortho intramolecular Hbond substituents is 1. The summed E-state index contributed by atoms with van der Waals surface area (Å²) in [4.78, 5) is 12.3. The molecule has 0 radical (unpaired) electrons. The highest BCUT2D eigenvalue weighted by molar-refractivity contribution is 6.05. The van der Waals surface area contributed by atoms with E-state index in [0.29, 0.717) is 39.8 Å². The van der Waals surface area contributed by atoms with Crippen molar-refractivity contribution in [2.75, 3.05) is 7.11 Å². The lowest BCUT2D eigenvalue weighted by Crippen LogP contribution is -2.03.